The van der Waals surface area contributed by atoms with Crippen LogP contribution in [0.3, 0.4) is 0 Å². The van der Waals surface area contributed by atoms with Gasteiger partial charge in [0.1, 0.15) is 5.82 Å². The van der Waals surface area contributed by atoms with E-state index in [1.165, 1.54) is 33.5 Å². The first-order chi connectivity index (χ1) is 13.0. The van der Waals surface area contributed by atoms with E-state index >= 15 is 0 Å². The standard InChI is InChI=1S/C19H18N2O6/c1-11-20-14-8-6-5-7-13(14)18(22)21(11)27-19(23)12-9-15(24-2)17(26-4)16(10-12)25-3/h5-10H,1-4H3. The van der Waals surface area contributed by atoms with Crippen LogP contribution in [-0.2, 0) is 0 Å². The maximum atomic E-state index is 12.6. The number of rotatable bonds is 5. The predicted octanol–water partition coefficient (Wildman–Crippen LogP) is 2.00. The van der Waals surface area contributed by atoms with Gasteiger partial charge < -0.3 is 19.0 Å². The normalized spacial score (nSPS) is 10.5. The summed E-state index contributed by atoms with van der Waals surface area (Å²) >= 11 is 0. The summed E-state index contributed by atoms with van der Waals surface area (Å²) in [5, 5.41) is 0.348. The Morgan fingerprint density at radius 3 is 2.22 bits per heavy atom. The van der Waals surface area contributed by atoms with Crippen molar-refractivity contribution in [2.24, 2.45) is 0 Å². The van der Waals surface area contributed by atoms with Crippen LogP contribution in [0.15, 0.2) is 41.2 Å². The minimum Gasteiger partial charge on any atom is -0.493 e. The third-order valence-electron chi connectivity index (χ3n) is 3.97. The van der Waals surface area contributed by atoms with Gasteiger partial charge in [-0.1, -0.05) is 12.1 Å². The van der Waals surface area contributed by atoms with E-state index in [1.807, 2.05) is 0 Å². The average Bonchev–Trinajstić information content (AvgIpc) is 2.69. The second-order valence-corrected chi connectivity index (χ2v) is 5.57. The van der Waals surface area contributed by atoms with Gasteiger partial charge in [0.2, 0.25) is 5.75 Å². The molecular formula is C19H18N2O6. The monoisotopic (exact) mass is 370 g/mol. The molecule has 0 aliphatic heterocycles. The number of fused-ring (bicyclic) bond motifs is 1. The number of hydrogen-bond acceptors (Lipinski definition) is 7. The van der Waals surface area contributed by atoms with Gasteiger partial charge in [0.25, 0.3) is 5.56 Å². The molecule has 2 aromatic carbocycles. The molecule has 0 N–H and O–H groups in total. The van der Waals surface area contributed by atoms with Crippen molar-refractivity contribution in [2.45, 2.75) is 6.92 Å². The molecule has 0 unspecified atom stereocenters. The molecule has 140 valence electrons. The summed E-state index contributed by atoms with van der Waals surface area (Å²) in [6.45, 7) is 1.58. The van der Waals surface area contributed by atoms with Crippen molar-refractivity contribution < 1.29 is 23.8 Å². The van der Waals surface area contributed by atoms with Crippen LogP contribution >= 0.6 is 0 Å². The van der Waals surface area contributed by atoms with E-state index in [0.29, 0.717) is 28.2 Å². The molecule has 0 atom stereocenters. The molecule has 0 spiro atoms. The number of hydrogen-bond donors (Lipinski definition) is 0. The lowest BCUT2D eigenvalue weighted by Crippen LogP contribution is -2.33. The van der Waals surface area contributed by atoms with Crippen LogP contribution in [0.2, 0.25) is 0 Å². The molecule has 27 heavy (non-hydrogen) atoms. The molecule has 8 heteroatoms. The number of para-hydroxylation sites is 1. The third-order valence-corrected chi connectivity index (χ3v) is 3.97. The lowest BCUT2D eigenvalue weighted by Gasteiger charge is -2.14. The molecule has 0 saturated heterocycles. The van der Waals surface area contributed by atoms with Gasteiger partial charge in [-0.05, 0) is 31.2 Å². The zero-order chi connectivity index (χ0) is 19.6. The maximum absolute atomic E-state index is 12.6. The highest BCUT2D eigenvalue weighted by Crippen LogP contribution is 2.38. The highest BCUT2D eigenvalue weighted by molar-refractivity contribution is 5.91. The van der Waals surface area contributed by atoms with E-state index in [2.05, 4.69) is 4.98 Å². The second-order valence-electron chi connectivity index (χ2n) is 5.57. The zero-order valence-corrected chi connectivity index (χ0v) is 15.3. The van der Waals surface area contributed by atoms with Crippen molar-refractivity contribution in [1.29, 1.82) is 0 Å². The van der Waals surface area contributed by atoms with Gasteiger partial charge in [-0.3, -0.25) is 4.79 Å². The van der Waals surface area contributed by atoms with Gasteiger partial charge >= 0.3 is 5.97 Å². The fourth-order valence-corrected chi connectivity index (χ4v) is 2.67. The Morgan fingerprint density at radius 2 is 1.63 bits per heavy atom. The first-order valence-electron chi connectivity index (χ1n) is 8.01. The number of benzene rings is 2. The quantitative estimate of drug-likeness (QED) is 0.679. The van der Waals surface area contributed by atoms with Crippen molar-refractivity contribution in [2.75, 3.05) is 21.3 Å². The molecule has 1 aromatic heterocycles. The van der Waals surface area contributed by atoms with Gasteiger partial charge in [0.15, 0.2) is 11.5 Å². The molecule has 0 fully saturated rings. The minimum atomic E-state index is -0.767. The number of methoxy groups -OCH3 is 3. The van der Waals surface area contributed by atoms with E-state index in [1.54, 1.807) is 31.2 Å². The summed E-state index contributed by atoms with van der Waals surface area (Å²) in [4.78, 5) is 34.9. The molecule has 0 amide bonds. The fourth-order valence-electron chi connectivity index (χ4n) is 2.67. The average molecular weight is 370 g/mol. The lowest BCUT2D eigenvalue weighted by atomic mass is 10.2. The number of carbonyl (C=O) groups excluding carboxylic acids is 1. The molecule has 8 nitrogen and oxygen atoms in total. The van der Waals surface area contributed by atoms with E-state index in [9.17, 15) is 9.59 Å². The number of carbonyl (C=O) groups is 1. The largest absolute Gasteiger partial charge is 0.493 e. The summed E-state index contributed by atoms with van der Waals surface area (Å²) < 4.78 is 16.6. The Kier molecular flexibility index (Phi) is 4.98. The van der Waals surface area contributed by atoms with Gasteiger partial charge in [-0.25, -0.2) is 9.78 Å². The van der Waals surface area contributed by atoms with E-state index in [4.69, 9.17) is 19.0 Å². The smallest absolute Gasteiger partial charge is 0.364 e. The van der Waals surface area contributed by atoms with Crippen LogP contribution in [0.1, 0.15) is 16.2 Å². The number of aromatic nitrogens is 2. The Morgan fingerprint density at radius 1 is 1.00 bits per heavy atom. The first-order valence-corrected chi connectivity index (χ1v) is 8.01. The van der Waals surface area contributed by atoms with Gasteiger partial charge in [-0.2, -0.15) is 0 Å². The molecule has 0 aliphatic rings. The Balaban J connectivity index is 2.04. The number of aryl methyl sites for hydroxylation is 1. The highest BCUT2D eigenvalue weighted by atomic mass is 16.7. The molecule has 0 bridgehead atoms. The first kappa shape index (κ1) is 18.2. The van der Waals surface area contributed by atoms with Crippen LogP contribution < -0.4 is 24.6 Å². The van der Waals surface area contributed by atoms with E-state index in [0.717, 1.165) is 4.73 Å². The SMILES string of the molecule is COc1cc(C(=O)On2c(C)nc3ccccc3c2=O)cc(OC)c1OC. The second kappa shape index (κ2) is 7.36. The van der Waals surface area contributed by atoms with Crippen molar-refractivity contribution >= 4 is 16.9 Å². The molecular weight excluding hydrogens is 352 g/mol. The van der Waals surface area contributed by atoms with Gasteiger partial charge in [0.05, 0.1) is 37.8 Å². The maximum Gasteiger partial charge on any atom is 0.364 e. The number of ether oxygens (including phenoxy) is 3. The van der Waals surface area contributed by atoms with Gasteiger partial charge in [-0.15, -0.1) is 4.73 Å². The van der Waals surface area contributed by atoms with Crippen LogP contribution in [0.4, 0.5) is 0 Å². The van der Waals surface area contributed by atoms with Crippen molar-refractivity contribution in [1.82, 2.24) is 9.71 Å². The summed E-state index contributed by atoms with van der Waals surface area (Å²) in [6.07, 6.45) is 0. The Labute approximate surface area is 154 Å². The molecule has 0 aliphatic carbocycles. The fraction of sp³-hybridized carbons (Fsp3) is 0.211. The van der Waals surface area contributed by atoms with Crippen LogP contribution in [-0.4, -0.2) is 37.0 Å². The van der Waals surface area contributed by atoms with Crippen LogP contribution in [0.5, 0.6) is 17.2 Å². The summed E-state index contributed by atoms with van der Waals surface area (Å²) in [6, 6.07) is 9.71. The topological polar surface area (TPSA) is 88.9 Å². The van der Waals surface area contributed by atoms with E-state index in [-0.39, 0.29) is 11.4 Å². The predicted molar refractivity (Wildman–Crippen MR) is 97.7 cm³/mol. The van der Waals surface area contributed by atoms with Gasteiger partial charge in [0, 0.05) is 0 Å². The van der Waals surface area contributed by atoms with E-state index < -0.39 is 11.5 Å². The Bertz CT molecular complexity index is 1050. The zero-order valence-electron chi connectivity index (χ0n) is 15.3. The molecule has 3 aromatic rings. The summed E-state index contributed by atoms with van der Waals surface area (Å²) in [5.41, 5.74) is 0.183. The third kappa shape index (κ3) is 3.29. The summed E-state index contributed by atoms with van der Waals surface area (Å²) in [7, 11) is 4.34. The van der Waals surface area contributed by atoms with Crippen LogP contribution in [0.25, 0.3) is 10.9 Å². The molecule has 1 heterocycles. The number of nitrogens with zero attached hydrogens (tertiary/aromatic N) is 2. The molecule has 0 radical (unpaired) electrons. The summed E-state index contributed by atoms with van der Waals surface area (Å²) in [5.74, 6) is 0.419. The Hall–Kier alpha value is -3.55. The van der Waals surface area contributed by atoms with Crippen LogP contribution in [0, 0.1) is 6.92 Å². The minimum absolute atomic E-state index is 0.129. The van der Waals surface area contributed by atoms with Crippen molar-refractivity contribution in [3.63, 3.8) is 0 Å². The molecule has 0 saturated carbocycles. The highest BCUT2D eigenvalue weighted by Gasteiger charge is 2.20. The van der Waals surface area contributed by atoms with Crippen molar-refractivity contribution in [3.8, 4) is 17.2 Å². The lowest BCUT2D eigenvalue weighted by molar-refractivity contribution is 0.0427. The van der Waals surface area contributed by atoms with Crippen molar-refractivity contribution in [3.05, 3.63) is 58.1 Å². The molecule has 3 rings (SSSR count).